The number of amides is 1. The van der Waals surface area contributed by atoms with Crippen LogP contribution in [0, 0.1) is 5.92 Å². The highest BCUT2D eigenvalue weighted by Gasteiger charge is 2.31. The Balaban J connectivity index is 2.12. The first kappa shape index (κ1) is 17.9. The van der Waals surface area contributed by atoms with E-state index in [1.54, 1.807) is 19.2 Å². The number of nitrogens with one attached hydrogen (secondary N) is 1. The quantitative estimate of drug-likeness (QED) is 0.918. The average Bonchev–Trinajstić information content (AvgIpc) is 2.53. The molecule has 1 heterocycles. The van der Waals surface area contributed by atoms with Crippen molar-refractivity contribution in [3.8, 4) is 0 Å². The van der Waals surface area contributed by atoms with E-state index in [4.69, 9.17) is 0 Å². The molecule has 0 atom stereocenters. The second-order valence-corrected chi connectivity index (χ2v) is 9.00. The zero-order valence-corrected chi connectivity index (χ0v) is 15.1. The Bertz CT molecular complexity index is 652. The highest BCUT2D eigenvalue weighted by Crippen LogP contribution is 2.27. The third-order valence-corrected chi connectivity index (χ3v) is 6.34. The summed E-state index contributed by atoms with van der Waals surface area (Å²) in [6, 6.07) is 7.12. The molecule has 128 valence electrons. The standard InChI is InChI=1S/C17H26N2O3S/c1-17(2,3)14-5-7-15(8-6-14)23(21,22)19-11-9-13(10-12-19)16(20)18-4/h5-8,13H,9-12H2,1-4H3,(H,18,20). The molecule has 2 rings (SSSR count). The van der Waals surface area contributed by atoms with E-state index in [1.807, 2.05) is 12.1 Å². The fourth-order valence-electron chi connectivity index (χ4n) is 2.84. The van der Waals surface area contributed by atoms with E-state index in [-0.39, 0.29) is 17.2 Å². The summed E-state index contributed by atoms with van der Waals surface area (Å²) in [4.78, 5) is 12.0. The second-order valence-electron chi connectivity index (χ2n) is 7.07. The smallest absolute Gasteiger partial charge is 0.243 e. The second kappa shape index (κ2) is 6.61. The van der Waals surface area contributed by atoms with Crippen molar-refractivity contribution in [3.05, 3.63) is 29.8 Å². The zero-order chi connectivity index (χ0) is 17.3. The third-order valence-electron chi connectivity index (χ3n) is 4.43. The van der Waals surface area contributed by atoms with Crippen molar-refractivity contribution in [3.63, 3.8) is 0 Å². The molecule has 1 N–H and O–H groups in total. The zero-order valence-electron chi connectivity index (χ0n) is 14.3. The van der Waals surface area contributed by atoms with Crippen LogP contribution in [0.25, 0.3) is 0 Å². The summed E-state index contributed by atoms with van der Waals surface area (Å²) in [7, 11) is -1.87. The summed E-state index contributed by atoms with van der Waals surface area (Å²) in [5.41, 5.74) is 1.10. The first-order chi connectivity index (χ1) is 10.7. The summed E-state index contributed by atoms with van der Waals surface area (Å²) in [6.45, 7) is 7.07. The van der Waals surface area contributed by atoms with Gasteiger partial charge in [-0.2, -0.15) is 4.31 Å². The number of carbonyl (C=O) groups is 1. The number of hydrogen-bond acceptors (Lipinski definition) is 3. The van der Waals surface area contributed by atoms with Gasteiger partial charge in [0.1, 0.15) is 0 Å². The Morgan fingerprint density at radius 2 is 1.65 bits per heavy atom. The van der Waals surface area contributed by atoms with Crippen LogP contribution in [0.15, 0.2) is 29.2 Å². The minimum atomic E-state index is -3.48. The third kappa shape index (κ3) is 3.93. The van der Waals surface area contributed by atoms with Crippen LogP contribution in [0.4, 0.5) is 0 Å². The van der Waals surface area contributed by atoms with Gasteiger partial charge in [0, 0.05) is 26.1 Å². The van der Waals surface area contributed by atoms with Gasteiger partial charge in [0.15, 0.2) is 0 Å². The highest BCUT2D eigenvalue weighted by molar-refractivity contribution is 7.89. The summed E-state index contributed by atoms with van der Waals surface area (Å²) < 4.78 is 26.9. The monoisotopic (exact) mass is 338 g/mol. The van der Waals surface area contributed by atoms with Gasteiger partial charge in [-0.1, -0.05) is 32.9 Å². The lowest BCUT2D eigenvalue weighted by Gasteiger charge is -2.30. The van der Waals surface area contributed by atoms with Gasteiger partial charge in [-0.15, -0.1) is 0 Å². The van der Waals surface area contributed by atoms with Gasteiger partial charge in [-0.3, -0.25) is 4.79 Å². The predicted octanol–water partition coefficient (Wildman–Crippen LogP) is 2.13. The Labute approximate surface area is 139 Å². The lowest BCUT2D eigenvalue weighted by molar-refractivity contribution is -0.125. The number of piperidine rings is 1. The molecule has 1 amide bonds. The molecular weight excluding hydrogens is 312 g/mol. The molecular formula is C17H26N2O3S. The highest BCUT2D eigenvalue weighted by atomic mass is 32.2. The molecule has 23 heavy (non-hydrogen) atoms. The number of rotatable bonds is 3. The van der Waals surface area contributed by atoms with Crippen LogP contribution < -0.4 is 5.32 Å². The first-order valence-electron chi connectivity index (χ1n) is 7.98. The van der Waals surface area contributed by atoms with E-state index in [2.05, 4.69) is 26.1 Å². The number of benzene rings is 1. The Morgan fingerprint density at radius 3 is 2.09 bits per heavy atom. The topological polar surface area (TPSA) is 66.5 Å². The van der Waals surface area contributed by atoms with Gasteiger partial charge in [0.05, 0.1) is 4.90 Å². The van der Waals surface area contributed by atoms with E-state index < -0.39 is 10.0 Å². The largest absolute Gasteiger partial charge is 0.359 e. The van der Waals surface area contributed by atoms with Crippen LogP contribution in [-0.2, 0) is 20.2 Å². The van der Waals surface area contributed by atoms with Crippen molar-refractivity contribution >= 4 is 15.9 Å². The Hall–Kier alpha value is -1.40. The van der Waals surface area contributed by atoms with Gasteiger partial charge in [-0.25, -0.2) is 8.42 Å². The molecule has 1 aliphatic heterocycles. The summed E-state index contributed by atoms with van der Waals surface area (Å²) in [6.07, 6.45) is 1.14. The maximum atomic E-state index is 12.7. The molecule has 0 radical (unpaired) electrons. The first-order valence-corrected chi connectivity index (χ1v) is 9.42. The van der Waals surface area contributed by atoms with Crippen molar-refractivity contribution in [1.82, 2.24) is 9.62 Å². The minimum Gasteiger partial charge on any atom is -0.359 e. The van der Waals surface area contributed by atoms with Gasteiger partial charge >= 0.3 is 0 Å². The van der Waals surface area contributed by atoms with Gasteiger partial charge < -0.3 is 5.32 Å². The number of hydrogen-bond donors (Lipinski definition) is 1. The molecule has 0 aromatic heterocycles. The van der Waals surface area contributed by atoms with Crippen molar-refractivity contribution in [2.45, 2.75) is 43.9 Å². The van der Waals surface area contributed by atoms with E-state index in [9.17, 15) is 13.2 Å². The van der Waals surface area contributed by atoms with Crippen molar-refractivity contribution in [2.75, 3.05) is 20.1 Å². The Morgan fingerprint density at radius 1 is 1.13 bits per heavy atom. The lowest BCUT2D eigenvalue weighted by Crippen LogP contribution is -2.42. The molecule has 1 fully saturated rings. The molecule has 5 nitrogen and oxygen atoms in total. The van der Waals surface area contributed by atoms with Crippen molar-refractivity contribution in [2.24, 2.45) is 5.92 Å². The predicted molar refractivity (Wildman–Crippen MR) is 90.7 cm³/mol. The van der Waals surface area contributed by atoms with Crippen LogP contribution in [0.3, 0.4) is 0 Å². The average molecular weight is 338 g/mol. The lowest BCUT2D eigenvalue weighted by atomic mass is 9.87. The SMILES string of the molecule is CNC(=O)C1CCN(S(=O)(=O)c2ccc(C(C)(C)C)cc2)CC1. The Kier molecular flexibility index (Phi) is 5.16. The van der Waals surface area contributed by atoms with E-state index in [0.29, 0.717) is 30.8 Å². The van der Waals surface area contributed by atoms with Crippen LogP contribution in [0.1, 0.15) is 39.2 Å². The fraction of sp³-hybridized carbons (Fsp3) is 0.588. The van der Waals surface area contributed by atoms with Gasteiger partial charge in [0.25, 0.3) is 0 Å². The van der Waals surface area contributed by atoms with E-state index >= 15 is 0 Å². The molecule has 0 saturated carbocycles. The molecule has 1 aromatic carbocycles. The van der Waals surface area contributed by atoms with Crippen molar-refractivity contribution in [1.29, 1.82) is 0 Å². The minimum absolute atomic E-state index is 0.00317. The van der Waals surface area contributed by atoms with E-state index in [1.165, 1.54) is 4.31 Å². The molecule has 0 unspecified atom stereocenters. The fourth-order valence-corrected chi connectivity index (χ4v) is 4.31. The van der Waals surface area contributed by atoms with Crippen LogP contribution in [0.5, 0.6) is 0 Å². The molecule has 0 spiro atoms. The summed E-state index contributed by atoms with van der Waals surface area (Å²) in [5.74, 6) is -0.0914. The normalized spacial score (nSPS) is 17.9. The maximum Gasteiger partial charge on any atom is 0.243 e. The molecule has 0 bridgehead atoms. The van der Waals surface area contributed by atoms with Gasteiger partial charge in [0.2, 0.25) is 15.9 Å². The molecule has 0 aliphatic carbocycles. The van der Waals surface area contributed by atoms with Crippen LogP contribution >= 0.6 is 0 Å². The molecule has 1 saturated heterocycles. The van der Waals surface area contributed by atoms with Gasteiger partial charge in [-0.05, 0) is 36.0 Å². The van der Waals surface area contributed by atoms with Crippen molar-refractivity contribution < 1.29 is 13.2 Å². The summed E-state index contributed by atoms with van der Waals surface area (Å²) in [5, 5.41) is 2.63. The maximum absolute atomic E-state index is 12.7. The molecule has 6 heteroatoms. The summed E-state index contributed by atoms with van der Waals surface area (Å²) >= 11 is 0. The molecule has 1 aliphatic rings. The number of nitrogens with zero attached hydrogens (tertiary/aromatic N) is 1. The van der Waals surface area contributed by atoms with Crippen LogP contribution in [-0.4, -0.2) is 38.8 Å². The van der Waals surface area contributed by atoms with Crippen LogP contribution in [0.2, 0.25) is 0 Å². The molecule has 1 aromatic rings. The number of carbonyl (C=O) groups excluding carboxylic acids is 1. The van der Waals surface area contributed by atoms with E-state index in [0.717, 1.165) is 5.56 Å². The number of sulfonamides is 1.